The molecule has 3 fully saturated rings. The Morgan fingerprint density at radius 3 is 2.69 bits per heavy atom. The van der Waals surface area contributed by atoms with E-state index in [9.17, 15) is 4.79 Å². The lowest BCUT2D eigenvalue weighted by atomic mass is 9.85. The van der Waals surface area contributed by atoms with E-state index in [1.165, 1.54) is 11.1 Å². The van der Waals surface area contributed by atoms with Crippen molar-refractivity contribution in [2.45, 2.75) is 44.2 Å². The quantitative estimate of drug-likeness (QED) is 0.755. The lowest BCUT2D eigenvalue weighted by molar-refractivity contribution is -0.0340. The second kappa shape index (κ2) is 8.00. The van der Waals surface area contributed by atoms with Gasteiger partial charge in [0, 0.05) is 17.1 Å². The summed E-state index contributed by atoms with van der Waals surface area (Å²) in [4.78, 5) is 15.0. The van der Waals surface area contributed by atoms with Gasteiger partial charge in [0.1, 0.15) is 6.10 Å². The van der Waals surface area contributed by atoms with Gasteiger partial charge in [-0.2, -0.15) is 0 Å². The number of alkyl carbamates (subject to hydrolysis) is 1. The first kappa shape index (κ1) is 19.0. The lowest BCUT2D eigenvalue weighted by Crippen LogP contribution is -2.52. The molecule has 3 heterocycles. The maximum absolute atomic E-state index is 12.6. The van der Waals surface area contributed by atoms with E-state index in [1.807, 2.05) is 24.3 Å². The van der Waals surface area contributed by atoms with Gasteiger partial charge in [-0.05, 0) is 73.9 Å². The molecule has 2 aromatic carbocycles. The van der Waals surface area contributed by atoms with Crippen LogP contribution in [0.5, 0.6) is 0 Å². The van der Waals surface area contributed by atoms with Crippen molar-refractivity contribution >= 4 is 17.7 Å². The van der Waals surface area contributed by atoms with Gasteiger partial charge in [-0.3, -0.25) is 4.90 Å². The third-order valence-corrected chi connectivity index (χ3v) is 7.12. The van der Waals surface area contributed by atoms with Gasteiger partial charge in [-0.25, -0.2) is 4.79 Å². The number of nitrogens with one attached hydrogen (secondary N) is 1. The van der Waals surface area contributed by atoms with Crippen molar-refractivity contribution in [2.75, 3.05) is 19.6 Å². The number of halogens is 1. The Bertz CT molecular complexity index is 908. The summed E-state index contributed by atoms with van der Waals surface area (Å²) >= 11 is 6.38. The van der Waals surface area contributed by atoms with E-state index in [-0.39, 0.29) is 18.2 Å². The second-order valence-corrected chi connectivity index (χ2v) is 8.97. The van der Waals surface area contributed by atoms with Crippen LogP contribution in [0.15, 0.2) is 42.5 Å². The molecule has 1 N–H and O–H groups in total. The lowest BCUT2D eigenvalue weighted by Gasteiger charge is -2.44. The highest BCUT2D eigenvalue weighted by molar-refractivity contribution is 6.33. The summed E-state index contributed by atoms with van der Waals surface area (Å²) in [5, 5.41) is 3.91. The Balaban J connectivity index is 1.29. The van der Waals surface area contributed by atoms with Gasteiger partial charge >= 0.3 is 6.09 Å². The van der Waals surface area contributed by atoms with Crippen LogP contribution in [0.4, 0.5) is 4.79 Å². The van der Waals surface area contributed by atoms with Crippen LogP contribution in [0.2, 0.25) is 5.02 Å². The highest BCUT2D eigenvalue weighted by Crippen LogP contribution is 2.35. The summed E-state index contributed by atoms with van der Waals surface area (Å²) in [7, 11) is 0. The average Bonchev–Trinajstić information content (AvgIpc) is 2.75. The Morgan fingerprint density at radius 1 is 1.10 bits per heavy atom. The number of fused-ring (bicyclic) bond motifs is 4. The number of carbonyl (C=O) groups excluding carboxylic acids is 1. The van der Waals surface area contributed by atoms with Crippen LogP contribution < -0.4 is 5.32 Å². The molecule has 152 valence electrons. The molecule has 1 aliphatic carbocycles. The normalized spacial score (nSPS) is 27.9. The van der Waals surface area contributed by atoms with Gasteiger partial charge in [-0.15, -0.1) is 0 Å². The van der Waals surface area contributed by atoms with Crippen molar-refractivity contribution in [3.05, 3.63) is 58.6 Å². The molecule has 2 aromatic rings. The van der Waals surface area contributed by atoms with Gasteiger partial charge in [0.05, 0.1) is 6.04 Å². The van der Waals surface area contributed by atoms with Crippen LogP contribution >= 0.6 is 11.6 Å². The Morgan fingerprint density at radius 2 is 1.93 bits per heavy atom. The number of piperidine rings is 3. The van der Waals surface area contributed by atoms with Crippen LogP contribution in [0.1, 0.15) is 42.9 Å². The monoisotopic (exact) mass is 410 g/mol. The summed E-state index contributed by atoms with van der Waals surface area (Å²) in [6.07, 6.45) is 5.11. The number of rotatable bonds is 3. The molecule has 29 heavy (non-hydrogen) atoms. The summed E-state index contributed by atoms with van der Waals surface area (Å²) in [5.41, 5.74) is 4.68. The predicted octanol–water partition coefficient (Wildman–Crippen LogP) is 5.20. The van der Waals surface area contributed by atoms with E-state index < -0.39 is 0 Å². The number of hydrogen-bond donors (Lipinski definition) is 1. The molecule has 4 nitrogen and oxygen atoms in total. The highest BCUT2D eigenvalue weighted by atomic mass is 35.5. The minimum absolute atomic E-state index is 0.0210. The Labute approximate surface area is 177 Å². The fourth-order valence-electron chi connectivity index (χ4n) is 5.19. The molecule has 1 amide bonds. The zero-order valence-corrected chi connectivity index (χ0v) is 17.3. The fraction of sp³-hybridized carbons (Fsp3) is 0.458. The Hall–Kier alpha value is -2.04. The summed E-state index contributed by atoms with van der Waals surface area (Å²) in [6, 6.07) is 14.4. The molecule has 2 atom stereocenters. The molecule has 0 radical (unpaired) electrons. The molecule has 5 heteroatoms. The smallest absolute Gasteiger partial charge is 0.407 e. The minimum Gasteiger partial charge on any atom is -0.445 e. The minimum atomic E-state index is -0.267. The van der Waals surface area contributed by atoms with E-state index in [0.29, 0.717) is 5.92 Å². The number of aryl methyl sites for hydroxylation is 1. The largest absolute Gasteiger partial charge is 0.445 e. The van der Waals surface area contributed by atoms with E-state index in [0.717, 1.165) is 67.9 Å². The van der Waals surface area contributed by atoms with Crippen LogP contribution in [0, 0.1) is 5.92 Å². The molecule has 1 unspecified atom stereocenters. The number of hydrogen-bond acceptors (Lipinski definition) is 3. The van der Waals surface area contributed by atoms with Crippen molar-refractivity contribution < 1.29 is 9.53 Å². The first-order valence-electron chi connectivity index (χ1n) is 10.7. The van der Waals surface area contributed by atoms with Gasteiger partial charge in [0.15, 0.2) is 0 Å². The molecule has 0 spiro atoms. The van der Waals surface area contributed by atoms with Crippen molar-refractivity contribution in [1.29, 1.82) is 0 Å². The maximum atomic E-state index is 12.6. The zero-order chi connectivity index (χ0) is 19.8. The summed E-state index contributed by atoms with van der Waals surface area (Å²) in [5.74, 6) is 0.530. The van der Waals surface area contributed by atoms with Gasteiger partial charge in [0.2, 0.25) is 0 Å². The maximum Gasteiger partial charge on any atom is 0.407 e. The van der Waals surface area contributed by atoms with Crippen molar-refractivity contribution in [3.8, 4) is 11.1 Å². The van der Waals surface area contributed by atoms with Crippen LogP contribution in [0.3, 0.4) is 0 Å². The molecular weight excluding hydrogens is 384 g/mol. The SMILES string of the molecule is O=C(NC1CCCc2cc(-c3ccccc3Cl)ccc21)O[C@H]1CN2CCC1CC2. The van der Waals surface area contributed by atoms with Crippen LogP contribution in [-0.2, 0) is 11.2 Å². The van der Waals surface area contributed by atoms with Crippen molar-refractivity contribution in [3.63, 3.8) is 0 Å². The fourth-order valence-corrected chi connectivity index (χ4v) is 5.43. The van der Waals surface area contributed by atoms with Crippen molar-refractivity contribution in [2.24, 2.45) is 5.92 Å². The van der Waals surface area contributed by atoms with E-state index >= 15 is 0 Å². The van der Waals surface area contributed by atoms with Gasteiger partial charge < -0.3 is 10.1 Å². The number of benzene rings is 2. The topological polar surface area (TPSA) is 41.6 Å². The first-order valence-corrected chi connectivity index (χ1v) is 11.1. The molecule has 0 saturated carbocycles. The Kier molecular flexibility index (Phi) is 5.23. The molecule has 2 bridgehead atoms. The average molecular weight is 411 g/mol. The molecule has 4 aliphatic rings. The highest BCUT2D eigenvalue weighted by Gasteiger charge is 2.37. The van der Waals surface area contributed by atoms with E-state index in [4.69, 9.17) is 16.3 Å². The number of nitrogens with zero attached hydrogens (tertiary/aromatic N) is 1. The number of ether oxygens (including phenoxy) is 1. The van der Waals surface area contributed by atoms with Crippen LogP contribution in [0.25, 0.3) is 11.1 Å². The third kappa shape index (κ3) is 3.88. The summed E-state index contributed by atoms with van der Waals surface area (Å²) < 4.78 is 5.84. The third-order valence-electron chi connectivity index (χ3n) is 6.79. The molecule has 0 aromatic heterocycles. The zero-order valence-electron chi connectivity index (χ0n) is 16.6. The molecule has 6 rings (SSSR count). The van der Waals surface area contributed by atoms with Gasteiger partial charge in [-0.1, -0.05) is 48.0 Å². The number of carbonyl (C=O) groups is 1. The van der Waals surface area contributed by atoms with Crippen molar-refractivity contribution in [1.82, 2.24) is 10.2 Å². The summed E-state index contributed by atoms with van der Waals surface area (Å²) in [6.45, 7) is 3.19. The predicted molar refractivity (Wildman–Crippen MR) is 115 cm³/mol. The van der Waals surface area contributed by atoms with Crippen LogP contribution in [-0.4, -0.2) is 36.7 Å². The van der Waals surface area contributed by atoms with Gasteiger partial charge in [0.25, 0.3) is 0 Å². The molecular formula is C24H27ClN2O2. The molecule has 3 saturated heterocycles. The number of amides is 1. The standard InChI is InChI=1S/C24H27ClN2O2/c25-21-6-2-1-5-19(21)18-8-9-20-17(14-18)4-3-7-22(20)26-24(28)29-23-15-27-12-10-16(23)11-13-27/h1-2,5-6,8-9,14,16,22-23H,3-4,7,10-13,15H2,(H,26,28)/t22?,23-/m0/s1. The second-order valence-electron chi connectivity index (χ2n) is 8.56. The first-order chi connectivity index (χ1) is 14.2. The van der Waals surface area contributed by atoms with E-state index in [1.54, 1.807) is 0 Å². The molecule has 3 aliphatic heterocycles. The van der Waals surface area contributed by atoms with E-state index in [2.05, 4.69) is 28.4 Å².